The predicted octanol–water partition coefficient (Wildman–Crippen LogP) is 3.24. The quantitative estimate of drug-likeness (QED) is 0.808. The monoisotopic (exact) mass is 221 g/mol. The molecule has 0 radical (unpaired) electrons. The van der Waals surface area contributed by atoms with Gasteiger partial charge in [-0.3, -0.25) is 0 Å². The molecule has 0 saturated heterocycles. The Kier molecular flexibility index (Phi) is 3.29. The zero-order chi connectivity index (χ0) is 11.7. The molecule has 1 fully saturated rings. The molecule has 2 heteroatoms. The van der Waals surface area contributed by atoms with Gasteiger partial charge in [0.05, 0.1) is 0 Å². The first-order chi connectivity index (χ1) is 7.61. The summed E-state index contributed by atoms with van der Waals surface area (Å²) < 4.78 is 13.4. The summed E-state index contributed by atoms with van der Waals surface area (Å²) in [7, 11) is 2.01. The van der Waals surface area contributed by atoms with E-state index in [1.807, 2.05) is 14.0 Å². The maximum absolute atomic E-state index is 13.4. The molecule has 1 aromatic carbocycles. The number of rotatable bonds is 2. The van der Waals surface area contributed by atoms with Crippen LogP contribution in [-0.4, -0.2) is 13.1 Å². The Bertz CT molecular complexity index is 355. The molecule has 1 saturated carbocycles. The van der Waals surface area contributed by atoms with Crippen molar-refractivity contribution in [3.8, 4) is 0 Å². The lowest BCUT2D eigenvalue weighted by atomic mass is 9.88. The molecule has 1 aromatic rings. The van der Waals surface area contributed by atoms with Gasteiger partial charge in [0.1, 0.15) is 5.82 Å². The maximum Gasteiger partial charge on any atom is 0.123 e. The molecule has 0 amide bonds. The number of nitrogens with one attached hydrogen (secondary N) is 1. The van der Waals surface area contributed by atoms with E-state index < -0.39 is 0 Å². The average molecular weight is 221 g/mol. The molecule has 1 nitrogen and oxygen atoms in total. The van der Waals surface area contributed by atoms with Gasteiger partial charge >= 0.3 is 0 Å². The molecule has 3 unspecified atom stereocenters. The molecule has 1 aliphatic carbocycles. The van der Waals surface area contributed by atoms with Gasteiger partial charge in [-0.05, 0) is 61.9 Å². The lowest BCUT2D eigenvalue weighted by Crippen LogP contribution is -2.28. The van der Waals surface area contributed by atoms with Crippen molar-refractivity contribution >= 4 is 0 Å². The Hall–Kier alpha value is -0.890. The maximum atomic E-state index is 13.4. The zero-order valence-corrected chi connectivity index (χ0v) is 10.3. The van der Waals surface area contributed by atoms with Crippen LogP contribution in [0.15, 0.2) is 18.2 Å². The van der Waals surface area contributed by atoms with Crippen molar-refractivity contribution in [2.45, 2.75) is 38.6 Å². The van der Waals surface area contributed by atoms with Gasteiger partial charge in [-0.15, -0.1) is 0 Å². The largest absolute Gasteiger partial charge is 0.317 e. The molecular formula is C14H20FN. The van der Waals surface area contributed by atoms with Gasteiger partial charge in [-0.2, -0.15) is 0 Å². The molecule has 0 aliphatic heterocycles. The van der Waals surface area contributed by atoms with Crippen molar-refractivity contribution in [3.05, 3.63) is 35.1 Å². The van der Waals surface area contributed by atoms with Crippen molar-refractivity contribution in [1.82, 2.24) is 5.32 Å². The third kappa shape index (κ3) is 2.12. The van der Waals surface area contributed by atoms with E-state index in [-0.39, 0.29) is 5.82 Å². The van der Waals surface area contributed by atoms with Gasteiger partial charge in [-0.25, -0.2) is 4.39 Å². The summed E-state index contributed by atoms with van der Waals surface area (Å²) in [5.41, 5.74) is 2.19. The molecule has 0 bridgehead atoms. The van der Waals surface area contributed by atoms with Gasteiger partial charge < -0.3 is 5.32 Å². The first-order valence-electron chi connectivity index (χ1n) is 6.06. The third-order valence-electron chi connectivity index (χ3n) is 3.92. The normalized spacial score (nSPS) is 29.6. The Balaban J connectivity index is 2.25. The van der Waals surface area contributed by atoms with Crippen LogP contribution >= 0.6 is 0 Å². The highest BCUT2D eigenvalue weighted by atomic mass is 19.1. The summed E-state index contributed by atoms with van der Waals surface area (Å²) in [4.78, 5) is 0. The van der Waals surface area contributed by atoms with E-state index in [4.69, 9.17) is 0 Å². The SMILES string of the molecule is CNC1CCC(c2cc(C)cc(F)c2)C1C. The van der Waals surface area contributed by atoms with Crippen molar-refractivity contribution in [2.75, 3.05) is 7.05 Å². The summed E-state index contributed by atoms with van der Waals surface area (Å²) in [6, 6.07) is 6.00. The van der Waals surface area contributed by atoms with Crippen LogP contribution < -0.4 is 5.32 Å². The fraction of sp³-hybridized carbons (Fsp3) is 0.571. The van der Waals surface area contributed by atoms with Gasteiger partial charge in [0.2, 0.25) is 0 Å². The van der Waals surface area contributed by atoms with Gasteiger partial charge in [0.15, 0.2) is 0 Å². The summed E-state index contributed by atoms with van der Waals surface area (Å²) >= 11 is 0. The molecule has 0 spiro atoms. The van der Waals surface area contributed by atoms with E-state index >= 15 is 0 Å². The van der Waals surface area contributed by atoms with Gasteiger partial charge in [-0.1, -0.05) is 13.0 Å². The highest BCUT2D eigenvalue weighted by molar-refractivity contribution is 5.28. The Morgan fingerprint density at radius 3 is 2.56 bits per heavy atom. The van der Waals surface area contributed by atoms with Crippen LogP contribution in [-0.2, 0) is 0 Å². The highest BCUT2D eigenvalue weighted by Gasteiger charge is 2.32. The molecule has 1 aliphatic rings. The van der Waals surface area contributed by atoms with Crippen LogP contribution in [0.25, 0.3) is 0 Å². The van der Waals surface area contributed by atoms with Crippen LogP contribution in [0.5, 0.6) is 0 Å². The smallest absolute Gasteiger partial charge is 0.123 e. The topological polar surface area (TPSA) is 12.0 Å². The van der Waals surface area contributed by atoms with Crippen molar-refractivity contribution in [1.29, 1.82) is 0 Å². The third-order valence-corrected chi connectivity index (χ3v) is 3.92. The lowest BCUT2D eigenvalue weighted by Gasteiger charge is -2.21. The molecule has 1 N–H and O–H groups in total. The number of benzene rings is 1. The van der Waals surface area contributed by atoms with E-state index in [9.17, 15) is 4.39 Å². The van der Waals surface area contributed by atoms with E-state index in [0.29, 0.717) is 17.9 Å². The first kappa shape index (κ1) is 11.6. The second-order valence-electron chi connectivity index (χ2n) is 5.00. The van der Waals surface area contributed by atoms with E-state index in [1.165, 1.54) is 12.0 Å². The van der Waals surface area contributed by atoms with Crippen LogP contribution in [0, 0.1) is 18.7 Å². The van der Waals surface area contributed by atoms with E-state index in [1.54, 1.807) is 12.1 Å². The summed E-state index contributed by atoms with van der Waals surface area (Å²) in [6.07, 6.45) is 2.35. The lowest BCUT2D eigenvalue weighted by molar-refractivity contribution is 0.428. The van der Waals surface area contributed by atoms with E-state index in [2.05, 4.69) is 18.3 Å². The zero-order valence-electron chi connectivity index (χ0n) is 10.3. The second-order valence-corrected chi connectivity index (χ2v) is 5.00. The van der Waals surface area contributed by atoms with Crippen molar-refractivity contribution < 1.29 is 4.39 Å². The highest BCUT2D eigenvalue weighted by Crippen LogP contribution is 2.39. The second kappa shape index (κ2) is 4.54. The molecule has 0 aromatic heterocycles. The van der Waals surface area contributed by atoms with Crippen LogP contribution in [0.3, 0.4) is 0 Å². The van der Waals surface area contributed by atoms with Crippen LogP contribution in [0.2, 0.25) is 0 Å². The average Bonchev–Trinajstić information content (AvgIpc) is 2.58. The minimum absolute atomic E-state index is 0.102. The van der Waals surface area contributed by atoms with Gasteiger partial charge in [0, 0.05) is 6.04 Å². The number of aryl methyl sites for hydroxylation is 1. The predicted molar refractivity (Wildman–Crippen MR) is 65.1 cm³/mol. The number of hydrogen-bond acceptors (Lipinski definition) is 1. The Morgan fingerprint density at radius 1 is 1.25 bits per heavy atom. The van der Waals surface area contributed by atoms with Crippen LogP contribution in [0.1, 0.15) is 36.8 Å². The number of hydrogen-bond donors (Lipinski definition) is 1. The number of halogens is 1. The van der Waals surface area contributed by atoms with E-state index in [0.717, 1.165) is 12.0 Å². The fourth-order valence-corrected chi connectivity index (χ4v) is 3.02. The Labute approximate surface area is 97.1 Å². The Morgan fingerprint density at radius 2 is 2.00 bits per heavy atom. The molecule has 88 valence electrons. The summed E-state index contributed by atoms with van der Waals surface area (Å²) in [5.74, 6) is 0.994. The molecular weight excluding hydrogens is 201 g/mol. The molecule has 2 rings (SSSR count). The summed E-state index contributed by atoms with van der Waals surface area (Å²) in [5, 5.41) is 3.35. The molecule has 3 atom stereocenters. The minimum atomic E-state index is -0.102. The first-order valence-corrected chi connectivity index (χ1v) is 6.06. The molecule has 0 heterocycles. The van der Waals surface area contributed by atoms with Crippen molar-refractivity contribution in [2.24, 2.45) is 5.92 Å². The summed E-state index contributed by atoms with van der Waals surface area (Å²) in [6.45, 7) is 4.22. The van der Waals surface area contributed by atoms with Crippen molar-refractivity contribution in [3.63, 3.8) is 0 Å². The standard InChI is InChI=1S/C14H20FN/c1-9-6-11(8-12(15)7-9)13-4-5-14(16-3)10(13)2/h6-8,10,13-14,16H,4-5H2,1-3H3. The van der Waals surface area contributed by atoms with Gasteiger partial charge in [0.25, 0.3) is 0 Å². The molecule has 16 heavy (non-hydrogen) atoms. The minimum Gasteiger partial charge on any atom is -0.317 e. The van der Waals surface area contributed by atoms with Crippen LogP contribution in [0.4, 0.5) is 4.39 Å². The fourth-order valence-electron chi connectivity index (χ4n) is 3.02.